The van der Waals surface area contributed by atoms with E-state index < -0.39 is 42.3 Å². The quantitative estimate of drug-likeness (QED) is 0.495. The third-order valence-electron chi connectivity index (χ3n) is 5.73. The Kier molecular flexibility index (Phi) is 7.88. The molecule has 0 radical (unpaired) electrons. The van der Waals surface area contributed by atoms with Gasteiger partial charge in [0.25, 0.3) is 0 Å². The zero-order chi connectivity index (χ0) is 25.1. The Labute approximate surface area is 218 Å². The molecule has 2 aliphatic rings. The average molecular weight is 610 g/mol. The van der Waals surface area contributed by atoms with E-state index in [1.165, 1.54) is 4.90 Å². The number of amides is 3. The number of carbonyl (C=O) groups is 4. The molecule has 2 aromatic carbocycles. The molecule has 0 spiro atoms. The molecule has 2 heterocycles. The number of ether oxygens (including phenoxy) is 3. The largest absolute Gasteiger partial charge is 0.459 e. The first-order chi connectivity index (χ1) is 16.7. The van der Waals surface area contributed by atoms with Crippen LogP contribution in [-0.2, 0) is 19.0 Å². The van der Waals surface area contributed by atoms with Gasteiger partial charge in [-0.25, -0.2) is 14.4 Å². The van der Waals surface area contributed by atoms with Gasteiger partial charge in [0.15, 0.2) is 0 Å². The van der Waals surface area contributed by atoms with Crippen LogP contribution in [0.4, 0.5) is 4.79 Å². The fraction of sp³-hybridized carbons (Fsp3) is 0.333. The summed E-state index contributed by atoms with van der Waals surface area (Å²) in [5.41, 5.74) is 0.700. The van der Waals surface area contributed by atoms with E-state index in [2.05, 4.69) is 37.2 Å². The number of nitrogens with one attached hydrogen (secondary N) is 1. The SMILES string of the molecule is CC1CN([C@H]2C[C@H](OC(=O)c3ccc(Br)cc3)[C@@H](COC(=O)c3ccc(Br)cc3)O2)C(=O)NC1=O. The first-order valence-corrected chi connectivity index (χ1v) is 12.5. The molecular formula is C24H22Br2N2O7. The van der Waals surface area contributed by atoms with Gasteiger partial charge < -0.3 is 14.2 Å². The normalized spacial score (nSPS) is 24.1. The standard InChI is InChI=1S/C24H22Br2N2O7/c1-13-11-28(24(32)27-21(13)29)20-10-18(35-23(31)15-4-8-17(26)9-5-15)19(34-20)12-33-22(30)14-2-6-16(25)7-3-14/h2-9,13,18-20H,10-12H2,1H3,(H,27,29,32)/t13?,18-,19+,20+/m0/s1. The monoisotopic (exact) mass is 608 g/mol. The minimum absolute atomic E-state index is 0.161. The van der Waals surface area contributed by atoms with E-state index in [4.69, 9.17) is 14.2 Å². The van der Waals surface area contributed by atoms with E-state index in [9.17, 15) is 19.2 Å². The van der Waals surface area contributed by atoms with Crippen molar-refractivity contribution in [3.63, 3.8) is 0 Å². The molecule has 11 heteroatoms. The van der Waals surface area contributed by atoms with Crippen molar-refractivity contribution in [1.82, 2.24) is 10.2 Å². The van der Waals surface area contributed by atoms with Gasteiger partial charge in [0.05, 0.1) is 17.0 Å². The lowest BCUT2D eigenvalue weighted by atomic mass is 10.1. The predicted molar refractivity (Wildman–Crippen MR) is 130 cm³/mol. The Hall–Kier alpha value is -2.76. The topological polar surface area (TPSA) is 111 Å². The maximum absolute atomic E-state index is 12.7. The zero-order valence-corrected chi connectivity index (χ0v) is 21.8. The third kappa shape index (κ3) is 6.09. The molecule has 1 unspecified atom stereocenters. The fourth-order valence-corrected chi connectivity index (χ4v) is 4.32. The number of urea groups is 1. The van der Waals surface area contributed by atoms with Crippen molar-refractivity contribution >= 4 is 55.7 Å². The maximum atomic E-state index is 12.7. The summed E-state index contributed by atoms with van der Waals surface area (Å²) in [6.07, 6.45) is -2.18. The van der Waals surface area contributed by atoms with Crippen molar-refractivity contribution in [3.8, 4) is 0 Å². The highest BCUT2D eigenvalue weighted by Crippen LogP contribution is 2.29. The number of nitrogens with zero attached hydrogens (tertiary/aromatic N) is 1. The number of benzene rings is 2. The number of esters is 2. The van der Waals surface area contributed by atoms with Gasteiger partial charge in [-0.05, 0) is 48.5 Å². The molecule has 0 aromatic heterocycles. The van der Waals surface area contributed by atoms with E-state index >= 15 is 0 Å². The number of carbonyl (C=O) groups excluding carboxylic acids is 4. The van der Waals surface area contributed by atoms with Crippen LogP contribution < -0.4 is 5.32 Å². The third-order valence-corrected chi connectivity index (χ3v) is 6.79. The summed E-state index contributed by atoms with van der Waals surface area (Å²) < 4.78 is 18.8. The average Bonchev–Trinajstić information content (AvgIpc) is 3.22. The van der Waals surface area contributed by atoms with E-state index in [0.717, 1.165) is 8.95 Å². The van der Waals surface area contributed by atoms with Gasteiger partial charge in [0, 0.05) is 21.9 Å². The molecular weight excluding hydrogens is 588 g/mol. The minimum atomic E-state index is -0.806. The summed E-state index contributed by atoms with van der Waals surface area (Å²) >= 11 is 6.64. The lowest BCUT2D eigenvalue weighted by Gasteiger charge is -2.34. The van der Waals surface area contributed by atoms with Gasteiger partial charge >= 0.3 is 18.0 Å². The van der Waals surface area contributed by atoms with Crippen LogP contribution in [-0.4, -0.2) is 60.4 Å². The molecule has 2 fully saturated rings. The molecule has 184 valence electrons. The van der Waals surface area contributed by atoms with Gasteiger partial charge in [-0.2, -0.15) is 0 Å². The van der Waals surface area contributed by atoms with Crippen molar-refractivity contribution < 1.29 is 33.4 Å². The van der Waals surface area contributed by atoms with E-state index in [-0.39, 0.29) is 25.5 Å². The Bertz CT molecular complexity index is 1120. The van der Waals surface area contributed by atoms with Crippen LogP contribution in [0.5, 0.6) is 0 Å². The van der Waals surface area contributed by atoms with E-state index in [0.29, 0.717) is 11.1 Å². The fourth-order valence-electron chi connectivity index (χ4n) is 3.80. The molecule has 2 aliphatic heterocycles. The van der Waals surface area contributed by atoms with E-state index in [1.807, 2.05) is 0 Å². The molecule has 0 bridgehead atoms. The summed E-state index contributed by atoms with van der Waals surface area (Å²) in [6, 6.07) is 12.8. The molecule has 35 heavy (non-hydrogen) atoms. The second kappa shape index (κ2) is 10.9. The van der Waals surface area contributed by atoms with Gasteiger partial charge in [-0.3, -0.25) is 15.0 Å². The lowest BCUT2D eigenvalue weighted by Crippen LogP contribution is -2.57. The molecule has 4 atom stereocenters. The van der Waals surface area contributed by atoms with Crippen LogP contribution in [0, 0.1) is 5.92 Å². The summed E-state index contributed by atoms with van der Waals surface area (Å²) in [4.78, 5) is 50.9. The van der Waals surface area contributed by atoms with Gasteiger partial charge in [0.2, 0.25) is 5.91 Å². The maximum Gasteiger partial charge on any atom is 0.338 e. The lowest BCUT2D eigenvalue weighted by molar-refractivity contribution is -0.128. The number of rotatable bonds is 6. The van der Waals surface area contributed by atoms with Crippen LogP contribution in [0.25, 0.3) is 0 Å². The van der Waals surface area contributed by atoms with Crippen molar-refractivity contribution in [3.05, 3.63) is 68.6 Å². The summed E-state index contributed by atoms with van der Waals surface area (Å²) in [7, 11) is 0. The summed E-state index contributed by atoms with van der Waals surface area (Å²) in [5.74, 6) is -1.91. The summed E-state index contributed by atoms with van der Waals surface area (Å²) in [6.45, 7) is 1.67. The second-order valence-electron chi connectivity index (χ2n) is 8.27. The Balaban J connectivity index is 1.47. The summed E-state index contributed by atoms with van der Waals surface area (Å²) in [5, 5.41) is 2.30. The van der Waals surface area contributed by atoms with Gasteiger partial charge in [0.1, 0.15) is 25.0 Å². The van der Waals surface area contributed by atoms with Crippen molar-refractivity contribution in [1.29, 1.82) is 0 Å². The molecule has 0 saturated carbocycles. The minimum Gasteiger partial charge on any atom is -0.459 e. The van der Waals surface area contributed by atoms with Crippen molar-refractivity contribution in [2.24, 2.45) is 5.92 Å². The first kappa shape index (κ1) is 25.3. The Morgan fingerprint density at radius 1 is 1.00 bits per heavy atom. The van der Waals surface area contributed by atoms with Crippen molar-refractivity contribution in [2.45, 2.75) is 31.8 Å². The number of halogens is 2. The molecule has 3 amide bonds. The van der Waals surface area contributed by atoms with Crippen LogP contribution in [0.1, 0.15) is 34.1 Å². The van der Waals surface area contributed by atoms with Gasteiger partial charge in [-0.15, -0.1) is 0 Å². The van der Waals surface area contributed by atoms with Crippen LogP contribution in [0.3, 0.4) is 0 Å². The van der Waals surface area contributed by atoms with Crippen molar-refractivity contribution in [2.75, 3.05) is 13.2 Å². The van der Waals surface area contributed by atoms with Crippen LogP contribution in [0.2, 0.25) is 0 Å². The number of hydrogen-bond acceptors (Lipinski definition) is 7. The van der Waals surface area contributed by atoms with E-state index in [1.54, 1.807) is 55.5 Å². The second-order valence-corrected chi connectivity index (χ2v) is 10.1. The number of hydrogen-bond donors (Lipinski definition) is 1. The highest BCUT2D eigenvalue weighted by Gasteiger charge is 2.45. The Morgan fingerprint density at radius 2 is 1.57 bits per heavy atom. The molecule has 1 N–H and O–H groups in total. The Morgan fingerprint density at radius 3 is 2.17 bits per heavy atom. The molecule has 9 nitrogen and oxygen atoms in total. The molecule has 0 aliphatic carbocycles. The predicted octanol–water partition coefficient (Wildman–Crippen LogP) is 3.90. The first-order valence-electron chi connectivity index (χ1n) is 10.9. The highest BCUT2D eigenvalue weighted by atomic mass is 79.9. The van der Waals surface area contributed by atoms with Crippen LogP contribution in [0.15, 0.2) is 57.5 Å². The molecule has 2 aromatic rings. The molecule has 2 saturated heterocycles. The highest BCUT2D eigenvalue weighted by molar-refractivity contribution is 9.10. The van der Waals surface area contributed by atoms with Gasteiger partial charge in [-0.1, -0.05) is 38.8 Å². The number of imide groups is 1. The molecule has 4 rings (SSSR count). The smallest absolute Gasteiger partial charge is 0.338 e. The zero-order valence-electron chi connectivity index (χ0n) is 18.6. The van der Waals surface area contributed by atoms with Crippen LogP contribution >= 0.6 is 31.9 Å².